The van der Waals surface area contributed by atoms with Crippen molar-refractivity contribution in [2.24, 2.45) is 23.2 Å². The molecule has 236 valence electrons. The second-order valence-electron chi connectivity index (χ2n) is 13.7. The Morgan fingerprint density at radius 1 is 0.911 bits per heavy atom. The normalized spacial score (nSPS) is 25.8. The van der Waals surface area contributed by atoms with E-state index in [1.165, 1.54) is 25.3 Å². The molecule has 1 aromatic heterocycles. The molecule has 2 aromatic carbocycles. The van der Waals surface area contributed by atoms with Crippen molar-refractivity contribution in [2.45, 2.75) is 45.4 Å². The molecule has 1 aliphatic heterocycles. The van der Waals surface area contributed by atoms with E-state index in [0.717, 1.165) is 36.0 Å². The zero-order valence-corrected chi connectivity index (χ0v) is 26.3. The van der Waals surface area contributed by atoms with Gasteiger partial charge in [-0.1, -0.05) is 18.2 Å². The second-order valence-corrected chi connectivity index (χ2v) is 15.5. The number of carbonyl (C=O) groups is 2. The van der Waals surface area contributed by atoms with Gasteiger partial charge in [0.05, 0.1) is 5.75 Å². The van der Waals surface area contributed by atoms with E-state index in [1.807, 2.05) is 41.0 Å². The van der Waals surface area contributed by atoms with Crippen molar-refractivity contribution < 1.29 is 23.1 Å². The minimum absolute atomic E-state index is 0.00500. The molecule has 10 nitrogen and oxygen atoms in total. The van der Waals surface area contributed by atoms with Crippen LogP contribution < -0.4 is 9.62 Å². The highest BCUT2D eigenvalue weighted by atomic mass is 32.2. The highest BCUT2D eigenvalue weighted by Crippen LogP contribution is 2.60. The molecule has 3 aromatic rings. The highest BCUT2D eigenvalue weighted by molar-refractivity contribution is 7.90. The number of rotatable bonds is 7. The number of hydrogen-bond donors (Lipinski definition) is 2. The van der Waals surface area contributed by atoms with Crippen LogP contribution in [0.3, 0.4) is 0 Å². The molecule has 4 bridgehead atoms. The lowest BCUT2D eigenvalue weighted by Gasteiger charge is -2.56. The van der Waals surface area contributed by atoms with E-state index in [9.17, 15) is 23.1 Å². The van der Waals surface area contributed by atoms with Crippen LogP contribution in [-0.2, 0) is 10.0 Å². The Labute approximate surface area is 263 Å². The van der Waals surface area contributed by atoms with E-state index in [0.29, 0.717) is 55.3 Å². The molecule has 4 saturated carbocycles. The Kier molecular flexibility index (Phi) is 7.54. The molecule has 1 saturated heterocycles. The van der Waals surface area contributed by atoms with Crippen molar-refractivity contribution in [2.75, 3.05) is 36.8 Å². The zero-order valence-electron chi connectivity index (χ0n) is 25.5. The Balaban J connectivity index is 0.934. The fraction of sp³-hybridized carbons (Fsp3) is 0.471. The number of carbonyl (C=O) groups excluding carboxylic acids is 2. The van der Waals surface area contributed by atoms with Gasteiger partial charge in [0.25, 0.3) is 11.8 Å². The van der Waals surface area contributed by atoms with Crippen molar-refractivity contribution in [3.63, 3.8) is 0 Å². The molecular formula is C34H39N5O5S. The summed E-state index contributed by atoms with van der Waals surface area (Å²) in [5.74, 6) is 1.87. The van der Waals surface area contributed by atoms with Crippen molar-refractivity contribution in [3.8, 4) is 16.9 Å². The third-order valence-electron chi connectivity index (χ3n) is 10.3. The minimum Gasteiger partial charge on any atom is -0.508 e. The molecule has 0 atom stereocenters. The summed E-state index contributed by atoms with van der Waals surface area (Å²) in [4.78, 5) is 30.0. The smallest absolute Gasteiger partial charge is 0.285 e. The number of hydrogen-bond acceptors (Lipinski definition) is 8. The molecule has 5 fully saturated rings. The number of nitrogens with zero attached hydrogens (tertiary/aromatic N) is 4. The average molecular weight is 630 g/mol. The van der Waals surface area contributed by atoms with Gasteiger partial charge >= 0.3 is 0 Å². The minimum atomic E-state index is -3.81. The summed E-state index contributed by atoms with van der Waals surface area (Å²) in [6.45, 7) is 4.05. The van der Waals surface area contributed by atoms with E-state index in [2.05, 4.69) is 14.9 Å². The van der Waals surface area contributed by atoms with Crippen molar-refractivity contribution in [1.82, 2.24) is 19.8 Å². The monoisotopic (exact) mass is 629 g/mol. The van der Waals surface area contributed by atoms with Gasteiger partial charge in [-0.05, 0) is 122 Å². The Morgan fingerprint density at radius 2 is 1.60 bits per heavy atom. The van der Waals surface area contributed by atoms with Gasteiger partial charge in [-0.15, -0.1) is 10.2 Å². The fourth-order valence-electron chi connectivity index (χ4n) is 8.83. The average Bonchev–Trinajstić information content (AvgIpc) is 2.99. The van der Waals surface area contributed by atoms with E-state index < -0.39 is 15.9 Å². The Hall–Kier alpha value is -3.99. The Morgan fingerprint density at radius 3 is 2.20 bits per heavy atom. The fourth-order valence-corrected chi connectivity index (χ4v) is 10.4. The largest absolute Gasteiger partial charge is 0.508 e. The Bertz CT molecular complexity index is 1700. The highest BCUT2D eigenvalue weighted by Gasteiger charge is 2.52. The van der Waals surface area contributed by atoms with Gasteiger partial charge in [0.2, 0.25) is 10.0 Å². The molecule has 11 heteroatoms. The number of aromatic nitrogens is 2. The number of aryl methyl sites for hydroxylation is 1. The number of anilines is 1. The molecule has 4 aliphatic carbocycles. The predicted molar refractivity (Wildman–Crippen MR) is 170 cm³/mol. The summed E-state index contributed by atoms with van der Waals surface area (Å²) < 4.78 is 28.4. The first kappa shape index (κ1) is 29.7. The summed E-state index contributed by atoms with van der Waals surface area (Å²) in [6.07, 6.45) is 6.55. The van der Waals surface area contributed by atoms with Crippen molar-refractivity contribution in [1.29, 1.82) is 0 Å². The number of phenolic OH excluding ortho intramolecular Hbond substituents is 1. The quantitative estimate of drug-likeness (QED) is 0.393. The lowest BCUT2D eigenvalue weighted by Crippen LogP contribution is -2.51. The summed E-state index contributed by atoms with van der Waals surface area (Å²) in [5, 5.41) is 18.1. The topological polar surface area (TPSA) is 133 Å². The SMILES string of the molecule is Cc1cc(C(=O)N2CCN(c3ccc(C(=O)NS(=O)(=O)CC45CC6CC(CC(C6)C4)C5)nn3)CC2)ccc1-c1cccc(O)c1. The lowest BCUT2D eigenvalue weighted by molar-refractivity contribution is -0.0391. The van der Waals surface area contributed by atoms with Crippen LogP contribution in [0.4, 0.5) is 5.82 Å². The maximum atomic E-state index is 13.3. The standard InChI is InChI=1S/C34H39N5O5S/c1-22-13-27(5-6-29(22)26-3-2-4-28(40)17-26)33(42)39-11-9-38(10-12-39)31-8-7-30(35-36-31)32(41)37-45(43,44)21-34-18-23-14-24(19-34)16-25(15-23)20-34/h2-8,13,17,23-25,40H,9-12,14-16,18-21H2,1H3,(H,37,41). The van der Waals surface area contributed by atoms with Gasteiger partial charge in [-0.25, -0.2) is 13.1 Å². The first-order chi connectivity index (χ1) is 21.5. The van der Waals surface area contributed by atoms with Crippen molar-refractivity contribution in [3.05, 3.63) is 71.4 Å². The van der Waals surface area contributed by atoms with Gasteiger partial charge < -0.3 is 14.9 Å². The number of piperazine rings is 1. The van der Waals surface area contributed by atoms with Crippen molar-refractivity contribution >= 4 is 27.7 Å². The molecule has 8 rings (SSSR count). The van der Waals surface area contributed by atoms with Crippen LogP contribution in [0, 0.1) is 30.1 Å². The number of benzene rings is 2. The van der Waals surface area contributed by atoms with Crippen LogP contribution in [0.25, 0.3) is 11.1 Å². The van der Waals surface area contributed by atoms with Gasteiger partial charge in [0.15, 0.2) is 11.5 Å². The number of aromatic hydroxyl groups is 1. The van der Waals surface area contributed by atoms with E-state index in [-0.39, 0.29) is 28.5 Å². The van der Waals surface area contributed by atoms with E-state index in [4.69, 9.17) is 0 Å². The zero-order chi connectivity index (χ0) is 31.3. The van der Waals surface area contributed by atoms with E-state index in [1.54, 1.807) is 24.3 Å². The number of nitrogens with one attached hydrogen (secondary N) is 1. The van der Waals surface area contributed by atoms with Crippen LogP contribution in [0.15, 0.2) is 54.6 Å². The molecule has 5 aliphatic rings. The number of amides is 2. The molecule has 45 heavy (non-hydrogen) atoms. The summed E-state index contributed by atoms with van der Waals surface area (Å²) in [6, 6.07) is 15.8. The van der Waals surface area contributed by atoms with Crippen LogP contribution in [-0.4, -0.2) is 72.4 Å². The molecule has 2 amide bonds. The van der Waals surface area contributed by atoms with Gasteiger partial charge in [0.1, 0.15) is 5.75 Å². The summed E-state index contributed by atoms with van der Waals surface area (Å²) in [5.41, 5.74) is 3.18. The van der Waals surface area contributed by atoms with Crippen LogP contribution >= 0.6 is 0 Å². The number of sulfonamides is 1. The van der Waals surface area contributed by atoms with Crippen LogP contribution in [0.2, 0.25) is 0 Å². The molecule has 2 heterocycles. The molecule has 0 unspecified atom stereocenters. The third kappa shape index (κ3) is 6.14. The predicted octanol–water partition coefficient (Wildman–Crippen LogP) is 4.40. The molecule has 0 radical (unpaired) electrons. The molecule has 0 spiro atoms. The third-order valence-corrected chi connectivity index (χ3v) is 11.8. The summed E-state index contributed by atoms with van der Waals surface area (Å²) in [7, 11) is -3.81. The first-order valence-electron chi connectivity index (χ1n) is 15.9. The van der Waals surface area contributed by atoms with Gasteiger partial charge in [0, 0.05) is 31.7 Å². The maximum absolute atomic E-state index is 13.3. The molecule has 2 N–H and O–H groups in total. The van der Waals surface area contributed by atoms with Crippen LogP contribution in [0.5, 0.6) is 5.75 Å². The van der Waals surface area contributed by atoms with Gasteiger partial charge in [-0.2, -0.15) is 0 Å². The lowest BCUT2D eigenvalue weighted by atomic mass is 9.50. The van der Waals surface area contributed by atoms with Crippen LogP contribution in [0.1, 0.15) is 64.9 Å². The summed E-state index contributed by atoms with van der Waals surface area (Å²) >= 11 is 0. The maximum Gasteiger partial charge on any atom is 0.285 e. The number of phenols is 1. The van der Waals surface area contributed by atoms with E-state index >= 15 is 0 Å². The first-order valence-corrected chi connectivity index (χ1v) is 17.5. The second kappa shape index (κ2) is 11.4. The molecular weight excluding hydrogens is 590 g/mol. The van der Waals surface area contributed by atoms with Gasteiger partial charge in [-0.3, -0.25) is 9.59 Å².